The molecule has 1 atom stereocenters. The second-order valence-electron chi connectivity index (χ2n) is 4.18. The van der Waals surface area contributed by atoms with Gasteiger partial charge in [-0.3, -0.25) is 0 Å². The van der Waals surface area contributed by atoms with Crippen molar-refractivity contribution < 1.29 is 0 Å². The zero-order valence-electron chi connectivity index (χ0n) is 9.80. The number of nitrogens with two attached hydrogens (primary N) is 1. The highest BCUT2D eigenvalue weighted by Gasteiger charge is 1.99. The maximum absolute atomic E-state index is 5.93. The van der Waals surface area contributed by atoms with Gasteiger partial charge in [-0.1, -0.05) is 45.1 Å². The zero-order valence-corrected chi connectivity index (χ0v) is 9.80. The molecule has 0 aromatic carbocycles. The Hall–Kier alpha value is -0.300. The molecule has 0 aliphatic heterocycles. The zero-order chi connectivity index (χ0) is 10.6. The first kappa shape index (κ1) is 13.7. The SMILES string of the molecule is C=CCCCCCCCC(N)CCC. The van der Waals surface area contributed by atoms with Gasteiger partial charge in [0.15, 0.2) is 0 Å². The van der Waals surface area contributed by atoms with Gasteiger partial charge < -0.3 is 5.73 Å². The van der Waals surface area contributed by atoms with Crippen LogP contribution in [0, 0.1) is 0 Å². The fourth-order valence-electron chi connectivity index (χ4n) is 1.74. The van der Waals surface area contributed by atoms with E-state index >= 15 is 0 Å². The van der Waals surface area contributed by atoms with E-state index in [9.17, 15) is 0 Å². The van der Waals surface area contributed by atoms with E-state index in [0.717, 1.165) is 0 Å². The molecular formula is C13H27N. The van der Waals surface area contributed by atoms with Gasteiger partial charge in [0.25, 0.3) is 0 Å². The van der Waals surface area contributed by atoms with E-state index in [-0.39, 0.29) is 0 Å². The Kier molecular flexibility index (Phi) is 10.5. The largest absolute Gasteiger partial charge is 0.328 e. The molecule has 1 heteroatoms. The van der Waals surface area contributed by atoms with E-state index in [1.54, 1.807) is 0 Å². The van der Waals surface area contributed by atoms with E-state index < -0.39 is 0 Å². The number of hydrogen-bond donors (Lipinski definition) is 1. The summed E-state index contributed by atoms with van der Waals surface area (Å²) in [6.07, 6.45) is 13.5. The Labute approximate surface area is 89.8 Å². The minimum Gasteiger partial charge on any atom is -0.328 e. The third-order valence-corrected chi connectivity index (χ3v) is 2.64. The van der Waals surface area contributed by atoms with Crippen molar-refractivity contribution in [2.45, 2.75) is 70.8 Å². The molecule has 0 amide bonds. The van der Waals surface area contributed by atoms with Gasteiger partial charge in [-0.05, 0) is 25.7 Å². The molecule has 0 rings (SSSR count). The van der Waals surface area contributed by atoms with Gasteiger partial charge >= 0.3 is 0 Å². The van der Waals surface area contributed by atoms with Crippen LogP contribution in [-0.2, 0) is 0 Å². The lowest BCUT2D eigenvalue weighted by Gasteiger charge is -2.09. The van der Waals surface area contributed by atoms with Crippen LogP contribution in [0.1, 0.15) is 64.7 Å². The van der Waals surface area contributed by atoms with Gasteiger partial charge in [0.1, 0.15) is 0 Å². The molecule has 0 aromatic heterocycles. The van der Waals surface area contributed by atoms with Crippen molar-refractivity contribution >= 4 is 0 Å². The number of hydrogen-bond acceptors (Lipinski definition) is 1. The van der Waals surface area contributed by atoms with Crippen LogP contribution in [0.2, 0.25) is 0 Å². The van der Waals surface area contributed by atoms with Crippen molar-refractivity contribution in [1.82, 2.24) is 0 Å². The molecule has 0 aromatic rings. The van der Waals surface area contributed by atoms with Gasteiger partial charge in [0, 0.05) is 6.04 Å². The molecule has 0 saturated carbocycles. The van der Waals surface area contributed by atoms with Gasteiger partial charge in [-0.15, -0.1) is 6.58 Å². The molecule has 1 nitrogen and oxygen atoms in total. The van der Waals surface area contributed by atoms with Gasteiger partial charge in [0.05, 0.1) is 0 Å². The average Bonchev–Trinajstić information content (AvgIpc) is 2.17. The van der Waals surface area contributed by atoms with Crippen LogP contribution >= 0.6 is 0 Å². The average molecular weight is 197 g/mol. The van der Waals surface area contributed by atoms with E-state index in [0.29, 0.717) is 6.04 Å². The van der Waals surface area contributed by atoms with Crippen molar-refractivity contribution in [1.29, 1.82) is 0 Å². The first-order valence-electron chi connectivity index (χ1n) is 6.17. The van der Waals surface area contributed by atoms with E-state index in [1.165, 1.54) is 57.8 Å². The van der Waals surface area contributed by atoms with Crippen molar-refractivity contribution in [3.8, 4) is 0 Å². The number of allylic oxidation sites excluding steroid dienone is 1. The van der Waals surface area contributed by atoms with Gasteiger partial charge in [-0.25, -0.2) is 0 Å². The van der Waals surface area contributed by atoms with Crippen LogP contribution in [0.25, 0.3) is 0 Å². The molecule has 2 N–H and O–H groups in total. The molecule has 14 heavy (non-hydrogen) atoms. The fraction of sp³-hybridized carbons (Fsp3) is 0.846. The van der Waals surface area contributed by atoms with Crippen molar-refractivity contribution in [2.24, 2.45) is 5.73 Å². The quantitative estimate of drug-likeness (QED) is 0.415. The predicted molar refractivity (Wildman–Crippen MR) is 65.4 cm³/mol. The first-order valence-corrected chi connectivity index (χ1v) is 6.17. The molecule has 0 aliphatic carbocycles. The summed E-state index contributed by atoms with van der Waals surface area (Å²) in [7, 11) is 0. The summed E-state index contributed by atoms with van der Waals surface area (Å²) in [6, 6.07) is 0.452. The third-order valence-electron chi connectivity index (χ3n) is 2.64. The second-order valence-corrected chi connectivity index (χ2v) is 4.18. The summed E-state index contributed by atoms with van der Waals surface area (Å²) < 4.78 is 0. The van der Waals surface area contributed by atoms with Crippen LogP contribution in [0.5, 0.6) is 0 Å². The maximum Gasteiger partial charge on any atom is 0.00387 e. The minimum atomic E-state index is 0.452. The summed E-state index contributed by atoms with van der Waals surface area (Å²) in [4.78, 5) is 0. The van der Waals surface area contributed by atoms with E-state index in [4.69, 9.17) is 5.73 Å². The summed E-state index contributed by atoms with van der Waals surface area (Å²) in [5.41, 5.74) is 5.93. The normalized spacial score (nSPS) is 12.7. The molecule has 0 fully saturated rings. The Balaban J connectivity index is 3.01. The van der Waals surface area contributed by atoms with Crippen molar-refractivity contribution in [2.75, 3.05) is 0 Å². The van der Waals surface area contributed by atoms with Gasteiger partial charge in [-0.2, -0.15) is 0 Å². The molecule has 0 aliphatic rings. The van der Waals surface area contributed by atoms with Crippen LogP contribution in [0.4, 0.5) is 0 Å². The highest BCUT2D eigenvalue weighted by Crippen LogP contribution is 2.09. The number of unbranched alkanes of at least 4 members (excludes halogenated alkanes) is 5. The van der Waals surface area contributed by atoms with E-state index in [2.05, 4.69) is 13.5 Å². The minimum absolute atomic E-state index is 0.452. The Morgan fingerprint density at radius 1 is 1.07 bits per heavy atom. The summed E-state index contributed by atoms with van der Waals surface area (Å²) in [6.45, 7) is 5.93. The standard InChI is InChI=1S/C13H27N/c1-3-5-6-7-8-9-10-12-13(14)11-4-2/h3,13H,1,4-12,14H2,2H3. The molecule has 0 saturated heterocycles. The summed E-state index contributed by atoms with van der Waals surface area (Å²) in [5.74, 6) is 0. The van der Waals surface area contributed by atoms with Gasteiger partial charge in [0.2, 0.25) is 0 Å². The van der Waals surface area contributed by atoms with Crippen LogP contribution in [-0.4, -0.2) is 6.04 Å². The fourth-order valence-corrected chi connectivity index (χ4v) is 1.74. The topological polar surface area (TPSA) is 26.0 Å². The lowest BCUT2D eigenvalue weighted by atomic mass is 10.0. The smallest absolute Gasteiger partial charge is 0.00387 e. The maximum atomic E-state index is 5.93. The molecule has 0 radical (unpaired) electrons. The highest BCUT2D eigenvalue weighted by atomic mass is 14.6. The predicted octanol–water partition coefficient (Wildman–Crippen LogP) is 4.03. The first-order chi connectivity index (χ1) is 6.81. The summed E-state index contributed by atoms with van der Waals surface area (Å²) >= 11 is 0. The van der Waals surface area contributed by atoms with Crippen molar-refractivity contribution in [3.63, 3.8) is 0 Å². The van der Waals surface area contributed by atoms with Crippen molar-refractivity contribution in [3.05, 3.63) is 12.7 Å². The molecule has 84 valence electrons. The molecule has 0 bridgehead atoms. The monoisotopic (exact) mass is 197 g/mol. The Bertz CT molecular complexity index is 120. The summed E-state index contributed by atoms with van der Waals surface area (Å²) in [5, 5.41) is 0. The van der Waals surface area contributed by atoms with Crippen LogP contribution in [0.3, 0.4) is 0 Å². The second kappa shape index (κ2) is 10.8. The third kappa shape index (κ3) is 9.79. The lowest BCUT2D eigenvalue weighted by Crippen LogP contribution is -2.18. The number of rotatable bonds is 10. The Morgan fingerprint density at radius 2 is 1.71 bits per heavy atom. The van der Waals surface area contributed by atoms with Crippen LogP contribution < -0.4 is 5.73 Å². The Morgan fingerprint density at radius 3 is 2.36 bits per heavy atom. The molecule has 0 heterocycles. The van der Waals surface area contributed by atoms with Crippen LogP contribution in [0.15, 0.2) is 12.7 Å². The van der Waals surface area contributed by atoms with E-state index in [1.807, 2.05) is 6.08 Å². The molecule has 1 unspecified atom stereocenters. The molecule has 0 spiro atoms. The lowest BCUT2D eigenvalue weighted by molar-refractivity contribution is 0.510. The molecular weight excluding hydrogens is 170 g/mol. The highest BCUT2D eigenvalue weighted by molar-refractivity contribution is 4.65.